The van der Waals surface area contributed by atoms with Gasteiger partial charge < -0.3 is 11.1 Å². The monoisotopic (exact) mass is 298 g/mol. The van der Waals surface area contributed by atoms with Gasteiger partial charge in [-0.15, -0.1) is 0 Å². The Labute approximate surface area is 128 Å². The van der Waals surface area contributed by atoms with Gasteiger partial charge in [0.2, 0.25) is 5.91 Å². The van der Waals surface area contributed by atoms with E-state index in [1.165, 1.54) is 12.4 Å². The molecule has 3 N–H and O–H groups in total. The highest BCUT2D eigenvalue weighted by Gasteiger charge is 2.19. The number of hydrogen-bond donors (Lipinski definition) is 2. The zero-order valence-electron chi connectivity index (χ0n) is 12.3. The average Bonchev–Trinajstić information content (AvgIpc) is 2.55. The molecule has 0 spiro atoms. The lowest BCUT2D eigenvalue weighted by atomic mass is 10.1. The van der Waals surface area contributed by atoms with Gasteiger partial charge in [-0.25, -0.2) is 9.97 Å². The van der Waals surface area contributed by atoms with E-state index in [9.17, 15) is 9.59 Å². The third-order valence-corrected chi connectivity index (χ3v) is 3.22. The van der Waals surface area contributed by atoms with Gasteiger partial charge in [0.1, 0.15) is 11.9 Å². The molecule has 0 fully saturated rings. The van der Waals surface area contributed by atoms with Crippen molar-refractivity contribution in [2.45, 2.75) is 25.8 Å². The Kier molecular flexibility index (Phi) is 5.19. The molecule has 2 aromatic rings. The summed E-state index contributed by atoms with van der Waals surface area (Å²) in [5.74, 6) is -0.335. The van der Waals surface area contributed by atoms with Crippen molar-refractivity contribution in [2.24, 2.45) is 5.73 Å². The molecule has 2 amide bonds. The molecule has 6 heteroatoms. The Morgan fingerprint density at radius 2 is 1.82 bits per heavy atom. The number of primary amides is 1. The number of aromatic nitrogens is 2. The number of nitrogens with two attached hydrogens (primary N) is 1. The van der Waals surface area contributed by atoms with E-state index in [-0.39, 0.29) is 0 Å². The zero-order valence-corrected chi connectivity index (χ0v) is 12.3. The number of rotatable bonds is 6. The molecular formula is C16H18N4O2. The number of carbonyl (C=O) groups is 2. The third-order valence-electron chi connectivity index (χ3n) is 3.22. The summed E-state index contributed by atoms with van der Waals surface area (Å²) >= 11 is 0. The highest BCUT2D eigenvalue weighted by atomic mass is 16.2. The number of benzene rings is 1. The number of carbonyl (C=O) groups excluding carboxylic acids is 2. The molecule has 22 heavy (non-hydrogen) atoms. The van der Waals surface area contributed by atoms with Gasteiger partial charge in [-0.3, -0.25) is 9.59 Å². The summed E-state index contributed by atoms with van der Waals surface area (Å²) in [5, 5.41) is 2.63. The van der Waals surface area contributed by atoms with Crippen molar-refractivity contribution in [1.82, 2.24) is 15.3 Å². The fourth-order valence-electron chi connectivity index (χ4n) is 1.97. The van der Waals surface area contributed by atoms with Crippen LogP contribution >= 0.6 is 0 Å². The van der Waals surface area contributed by atoms with E-state index >= 15 is 0 Å². The van der Waals surface area contributed by atoms with Crippen LogP contribution in [0.25, 0.3) is 0 Å². The number of hydrogen-bond acceptors (Lipinski definition) is 4. The summed E-state index contributed by atoms with van der Waals surface area (Å²) < 4.78 is 0. The largest absolute Gasteiger partial charge is 0.368 e. The van der Waals surface area contributed by atoms with Gasteiger partial charge in [-0.05, 0) is 5.56 Å². The van der Waals surface area contributed by atoms with Crippen LogP contribution in [0.1, 0.15) is 28.7 Å². The van der Waals surface area contributed by atoms with Crippen molar-refractivity contribution < 1.29 is 9.59 Å². The molecule has 0 radical (unpaired) electrons. The van der Waals surface area contributed by atoms with E-state index in [0.29, 0.717) is 24.2 Å². The maximum absolute atomic E-state index is 12.2. The topological polar surface area (TPSA) is 98.0 Å². The van der Waals surface area contributed by atoms with Gasteiger partial charge in [0.05, 0.1) is 5.56 Å². The fourth-order valence-corrected chi connectivity index (χ4v) is 1.97. The first kappa shape index (κ1) is 15.6. The minimum absolute atomic E-state index is 0.302. The van der Waals surface area contributed by atoms with E-state index < -0.39 is 17.9 Å². The molecule has 0 aliphatic carbocycles. The van der Waals surface area contributed by atoms with Crippen molar-refractivity contribution in [1.29, 1.82) is 0 Å². The number of nitrogens with zero attached hydrogens (tertiary/aromatic N) is 2. The van der Waals surface area contributed by atoms with Crippen LogP contribution < -0.4 is 11.1 Å². The van der Waals surface area contributed by atoms with E-state index in [4.69, 9.17) is 5.73 Å². The molecule has 114 valence electrons. The van der Waals surface area contributed by atoms with Crippen LogP contribution in [0.15, 0.2) is 42.7 Å². The van der Waals surface area contributed by atoms with Gasteiger partial charge >= 0.3 is 0 Å². The maximum Gasteiger partial charge on any atom is 0.255 e. The highest BCUT2D eigenvalue weighted by molar-refractivity contribution is 5.96. The van der Waals surface area contributed by atoms with Crippen molar-refractivity contribution in [3.8, 4) is 0 Å². The summed E-state index contributed by atoms with van der Waals surface area (Å²) in [4.78, 5) is 31.8. The molecular weight excluding hydrogens is 280 g/mol. The van der Waals surface area contributed by atoms with Gasteiger partial charge in [0, 0.05) is 25.2 Å². The van der Waals surface area contributed by atoms with E-state index in [2.05, 4.69) is 15.3 Å². The second-order valence-corrected chi connectivity index (χ2v) is 4.86. The number of nitrogens with one attached hydrogen (secondary N) is 1. The van der Waals surface area contributed by atoms with Crippen LogP contribution in [0.5, 0.6) is 0 Å². The first-order valence-electron chi connectivity index (χ1n) is 7.05. The fraction of sp³-hybridized carbons (Fsp3) is 0.250. The lowest BCUT2D eigenvalue weighted by molar-refractivity contribution is -0.119. The minimum atomic E-state index is -0.777. The maximum atomic E-state index is 12.2. The quantitative estimate of drug-likeness (QED) is 0.826. The minimum Gasteiger partial charge on any atom is -0.368 e. The predicted octanol–water partition coefficient (Wildman–Crippen LogP) is 0.865. The molecule has 0 aliphatic rings. The van der Waals surface area contributed by atoms with Gasteiger partial charge in [0.15, 0.2) is 0 Å². The molecule has 0 bridgehead atoms. The van der Waals surface area contributed by atoms with Crippen molar-refractivity contribution in [2.75, 3.05) is 0 Å². The Bertz CT molecular complexity index is 641. The SMILES string of the molecule is CCc1ncc(C(=O)NC(Cc2ccccc2)C(N)=O)cn1. The molecule has 1 heterocycles. The number of aryl methyl sites for hydroxylation is 1. The van der Waals surface area contributed by atoms with Gasteiger partial charge in [-0.1, -0.05) is 37.3 Å². The van der Waals surface area contributed by atoms with Crippen LogP contribution in [0.3, 0.4) is 0 Å². The van der Waals surface area contributed by atoms with Crippen LogP contribution in [-0.4, -0.2) is 27.8 Å². The molecule has 1 aromatic carbocycles. The standard InChI is InChI=1S/C16H18N4O2/c1-2-14-18-9-12(10-19-14)16(22)20-13(15(17)21)8-11-6-4-3-5-7-11/h3-7,9-10,13H,2,8H2,1H3,(H2,17,21)(H,20,22). The lowest BCUT2D eigenvalue weighted by Gasteiger charge is -2.15. The summed E-state index contributed by atoms with van der Waals surface area (Å²) in [7, 11) is 0. The Hall–Kier alpha value is -2.76. The summed E-state index contributed by atoms with van der Waals surface area (Å²) in [6.07, 6.45) is 3.93. The van der Waals surface area contributed by atoms with Crippen LogP contribution in [0, 0.1) is 0 Å². The number of amides is 2. The van der Waals surface area contributed by atoms with Crippen LogP contribution in [-0.2, 0) is 17.6 Å². The van der Waals surface area contributed by atoms with Crippen LogP contribution in [0.2, 0.25) is 0 Å². The molecule has 2 rings (SSSR count). The Morgan fingerprint density at radius 1 is 1.18 bits per heavy atom. The molecule has 1 unspecified atom stereocenters. The van der Waals surface area contributed by atoms with Crippen molar-refractivity contribution in [3.05, 3.63) is 59.7 Å². The van der Waals surface area contributed by atoms with Crippen molar-refractivity contribution >= 4 is 11.8 Å². The first-order valence-corrected chi connectivity index (χ1v) is 7.05. The van der Waals surface area contributed by atoms with E-state index in [1.807, 2.05) is 37.3 Å². The zero-order chi connectivity index (χ0) is 15.9. The molecule has 0 saturated heterocycles. The second kappa shape index (κ2) is 7.31. The molecule has 1 atom stereocenters. The predicted molar refractivity (Wildman–Crippen MR) is 82.0 cm³/mol. The summed E-state index contributed by atoms with van der Waals surface area (Å²) in [6.45, 7) is 1.93. The van der Waals surface area contributed by atoms with Gasteiger partial charge in [-0.2, -0.15) is 0 Å². The summed E-state index contributed by atoms with van der Waals surface area (Å²) in [6, 6.07) is 8.59. The first-order chi connectivity index (χ1) is 10.6. The third kappa shape index (κ3) is 4.12. The van der Waals surface area contributed by atoms with E-state index in [0.717, 1.165) is 5.56 Å². The second-order valence-electron chi connectivity index (χ2n) is 4.86. The molecule has 1 aromatic heterocycles. The van der Waals surface area contributed by atoms with Crippen LogP contribution in [0.4, 0.5) is 0 Å². The molecule has 0 aliphatic heterocycles. The van der Waals surface area contributed by atoms with E-state index in [1.54, 1.807) is 0 Å². The lowest BCUT2D eigenvalue weighted by Crippen LogP contribution is -2.45. The van der Waals surface area contributed by atoms with Crippen molar-refractivity contribution in [3.63, 3.8) is 0 Å². The molecule has 6 nitrogen and oxygen atoms in total. The smallest absolute Gasteiger partial charge is 0.255 e. The normalized spacial score (nSPS) is 11.7. The van der Waals surface area contributed by atoms with Gasteiger partial charge in [0.25, 0.3) is 5.91 Å². The average molecular weight is 298 g/mol. The highest BCUT2D eigenvalue weighted by Crippen LogP contribution is 2.04. The Morgan fingerprint density at radius 3 is 2.36 bits per heavy atom. The summed E-state index contributed by atoms with van der Waals surface area (Å²) in [5.41, 5.74) is 6.59. The molecule has 0 saturated carbocycles. The Balaban J connectivity index is 2.06.